The Bertz CT molecular complexity index is 189. The second kappa shape index (κ2) is 6.31. The van der Waals surface area contributed by atoms with E-state index in [2.05, 4.69) is 35.5 Å². The molecule has 0 bridgehead atoms. The van der Waals surface area contributed by atoms with Crippen LogP contribution in [0.4, 0.5) is 0 Å². The zero-order valence-corrected chi connectivity index (χ0v) is 11.2. The van der Waals surface area contributed by atoms with E-state index in [9.17, 15) is 0 Å². The maximum atomic E-state index is 4.33. The highest BCUT2D eigenvalue weighted by atomic mass is 32.1. The van der Waals surface area contributed by atoms with Crippen molar-refractivity contribution in [3.05, 3.63) is 11.8 Å². The Balaban J connectivity index is 4.24. The van der Waals surface area contributed by atoms with Crippen molar-refractivity contribution in [2.75, 3.05) is 19.1 Å². The molecule has 0 saturated carbocycles. The van der Waals surface area contributed by atoms with Crippen molar-refractivity contribution in [2.24, 2.45) is 4.99 Å². The molecule has 0 N–H and O–H groups in total. The van der Waals surface area contributed by atoms with Gasteiger partial charge in [0, 0.05) is 34.9 Å². The third-order valence-electron chi connectivity index (χ3n) is 1.64. The lowest BCUT2D eigenvalue weighted by Crippen LogP contribution is -2.14. The van der Waals surface area contributed by atoms with Crippen molar-refractivity contribution < 1.29 is 0 Å². The molecule has 0 heterocycles. The molecule has 0 aromatic carbocycles. The lowest BCUT2D eigenvalue weighted by atomic mass is 10.3. The molecule has 0 atom stereocenters. The van der Waals surface area contributed by atoms with Crippen molar-refractivity contribution >= 4 is 28.6 Å². The number of hydrogen-bond acceptors (Lipinski definition) is 3. The van der Waals surface area contributed by atoms with Crippen molar-refractivity contribution in [1.29, 1.82) is 0 Å². The molecule has 0 saturated heterocycles. The highest BCUT2D eigenvalue weighted by Gasteiger charge is 1.95. The number of allylic oxidation sites excluding steroid dienone is 2. The van der Waals surface area contributed by atoms with Crippen molar-refractivity contribution in [3.8, 4) is 0 Å². The first-order valence-corrected chi connectivity index (χ1v) is 6.17. The van der Waals surface area contributed by atoms with Crippen LogP contribution in [0.25, 0.3) is 0 Å². The van der Waals surface area contributed by atoms with Crippen LogP contribution in [0.15, 0.2) is 16.8 Å². The monoisotopic (exact) mass is 202 g/mol. The van der Waals surface area contributed by atoms with Gasteiger partial charge in [0.15, 0.2) is 0 Å². The summed E-state index contributed by atoms with van der Waals surface area (Å²) in [6.45, 7) is 4.11. The van der Waals surface area contributed by atoms with Gasteiger partial charge in [0.05, 0.1) is 5.88 Å². The van der Waals surface area contributed by atoms with Gasteiger partial charge in [-0.2, -0.15) is 12.6 Å². The molecular formula is C8H18N2SSi. The fourth-order valence-electron chi connectivity index (χ4n) is 0.819. The van der Waals surface area contributed by atoms with Gasteiger partial charge < -0.3 is 4.90 Å². The van der Waals surface area contributed by atoms with Crippen molar-refractivity contribution in [3.63, 3.8) is 0 Å². The van der Waals surface area contributed by atoms with Gasteiger partial charge in [0.1, 0.15) is 0 Å². The second-order valence-electron chi connectivity index (χ2n) is 2.74. The quantitative estimate of drug-likeness (QED) is 0.304. The van der Waals surface area contributed by atoms with Crippen LogP contribution < -0.4 is 0 Å². The Hall–Kier alpha value is -0.223. The van der Waals surface area contributed by atoms with Gasteiger partial charge in [-0.3, -0.25) is 4.99 Å². The summed E-state index contributed by atoms with van der Waals surface area (Å²) < 4.78 is 0. The molecule has 2 nitrogen and oxygen atoms in total. The normalized spacial score (nSPS) is 13.7. The predicted molar refractivity (Wildman–Crippen MR) is 63.3 cm³/mol. The molecule has 4 heteroatoms. The smallest absolute Gasteiger partial charge is 0.0603 e. The minimum Gasteiger partial charge on any atom is -0.369 e. The Kier molecular flexibility index (Phi) is 6.19. The highest BCUT2D eigenvalue weighted by Crippen LogP contribution is 2.00. The summed E-state index contributed by atoms with van der Waals surface area (Å²) in [5, 5.41) is 0. The van der Waals surface area contributed by atoms with Gasteiger partial charge in [-0.1, -0.05) is 0 Å². The highest BCUT2D eigenvalue weighted by molar-refractivity contribution is 7.80. The maximum absolute atomic E-state index is 4.33. The molecule has 0 aromatic rings. The summed E-state index contributed by atoms with van der Waals surface area (Å²) in [6.07, 6.45) is 3.08. The Labute approximate surface area is 83.6 Å². The van der Waals surface area contributed by atoms with Crippen LogP contribution in [0, 0.1) is 0 Å². The van der Waals surface area contributed by atoms with E-state index in [4.69, 9.17) is 0 Å². The summed E-state index contributed by atoms with van der Waals surface area (Å²) in [5.74, 6) is 0.747. The fourth-order valence-corrected chi connectivity index (χ4v) is 1.54. The van der Waals surface area contributed by atoms with E-state index < -0.39 is 0 Å². The third-order valence-corrected chi connectivity index (χ3v) is 2.38. The summed E-state index contributed by atoms with van der Waals surface area (Å²) in [4.78, 5) is 6.41. The third kappa shape index (κ3) is 4.61. The van der Waals surface area contributed by atoms with Crippen LogP contribution in [0.2, 0.25) is 0 Å². The van der Waals surface area contributed by atoms with Gasteiger partial charge in [0.2, 0.25) is 0 Å². The number of aliphatic imine (C=N–C) groups is 1. The van der Waals surface area contributed by atoms with Crippen LogP contribution in [0.5, 0.6) is 0 Å². The maximum Gasteiger partial charge on any atom is 0.0603 e. The summed E-state index contributed by atoms with van der Waals surface area (Å²) >= 11 is 4.18. The standard InChI is InChI=1S/C8H18N2SSi/c1-7(9-5-12)4-8(2)10(3)6-11/h4,11H,5-6H2,1-3,12H3/b8-4-,9-7?. The first-order valence-electron chi connectivity index (χ1n) is 4.13. The molecule has 0 radical (unpaired) electrons. The Morgan fingerprint density at radius 2 is 2.17 bits per heavy atom. The van der Waals surface area contributed by atoms with Gasteiger partial charge in [-0.05, 0) is 19.9 Å². The SMILES string of the molecule is CC(/C=C(/C)N(C)CS)=NC[SiH3]. The van der Waals surface area contributed by atoms with Crippen LogP contribution in [0.3, 0.4) is 0 Å². The molecule has 0 fully saturated rings. The van der Waals surface area contributed by atoms with Gasteiger partial charge in [-0.25, -0.2) is 0 Å². The predicted octanol–water partition coefficient (Wildman–Crippen LogP) is 0.493. The second-order valence-corrected chi connectivity index (χ2v) is 3.66. The molecular weight excluding hydrogens is 184 g/mol. The molecule has 0 rings (SSSR count). The lowest BCUT2D eigenvalue weighted by molar-refractivity contribution is 0.496. The molecule has 0 spiro atoms. The average molecular weight is 202 g/mol. The largest absolute Gasteiger partial charge is 0.369 e. The summed E-state index contributed by atoms with van der Waals surface area (Å²) in [7, 11) is 3.16. The topological polar surface area (TPSA) is 15.6 Å². The van der Waals surface area contributed by atoms with Gasteiger partial charge >= 0.3 is 0 Å². The zero-order valence-electron chi connectivity index (χ0n) is 8.33. The van der Waals surface area contributed by atoms with Crippen LogP contribution in [0.1, 0.15) is 13.8 Å². The molecule has 0 aliphatic carbocycles. The van der Waals surface area contributed by atoms with Gasteiger partial charge in [-0.15, -0.1) is 0 Å². The Morgan fingerprint density at radius 1 is 1.58 bits per heavy atom. The zero-order chi connectivity index (χ0) is 9.56. The molecule has 12 heavy (non-hydrogen) atoms. The number of nitrogens with zero attached hydrogens (tertiary/aromatic N) is 2. The lowest BCUT2D eigenvalue weighted by Gasteiger charge is -2.16. The average Bonchev–Trinajstić information content (AvgIpc) is 2.03. The molecule has 0 unspecified atom stereocenters. The van der Waals surface area contributed by atoms with Crippen molar-refractivity contribution in [1.82, 2.24) is 4.90 Å². The minimum absolute atomic E-state index is 0.747. The van der Waals surface area contributed by atoms with Crippen LogP contribution >= 0.6 is 12.6 Å². The van der Waals surface area contributed by atoms with Crippen LogP contribution in [-0.4, -0.2) is 39.9 Å². The fraction of sp³-hybridized carbons (Fsp3) is 0.625. The van der Waals surface area contributed by atoms with E-state index in [0.29, 0.717) is 0 Å². The van der Waals surface area contributed by atoms with Gasteiger partial charge in [0.25, 0.3) is 0 Å². The van der Waals surface area contributed by atoms with Crippen molar-refractivity contribution in [2.45, 2.75) is 13.8 Å². The summed E-state index contributed by atoms with van der Waals surface area (Å²) in [6, 6.07) is 0. The number of rotatable bonds is 4. The molecule has 70 valence electrons. The Morgan fingerprint density at radius 3 is 2.58 bits per heavy atom. The molecule has 0 aromatic heterocycles. The first-order chi connectivity index (χ1) is 5.61. The molecule has 0 aliphatic heterocycles. The minimum atomic E-state index is 0.747. The first kappa shape index (κ1) is 11.8. The van der Waals surface area contributed by atoms with E-state index in [1.165, 1.54) is 5.70 Å². The summed E-state index contributed by atoms with van der Waals surface area (Å²) in [5.41, 5.74) is 2.32. The number of hydrogen-bond donors (Lipinski definition) is 1. The molecule has 0 aliphatic rings. The van der Waals surface area contributed by atoms with E-state index in [1.807, 2.05) is 14.0 Å². The van der Waals surface area contributed by atoms with E-state index in [0.717, 1.165) is 28.0 Å². The van der Waals surface area contributed by atoms with E-state index in [1.54, 1.807) is 0 Å². The van der Waals surface area contributed by atoms with E-state index >= 15 is 0 Å². The number of thiol groups is 1. The molecule has 0 amide bonds. The van der Waals surface area contributed by atoms with E-state index in [-0.39, 0.29) is 0 Å². The van der Waals surface area contributed by atoms with Crippen LogP contribution in [-0.2, 0) is 0 Å².